The molecule has 2 heterocycles. The van der Waals surface area contributed by atoms with Gasteiger partial charge in [-0.05, 0) is 29.5 Å². The lowest BCUT2D eigenvalue weighted by Crippen LogP contribution is -2.19. The number of nitrogens with zero attached hydrogens (tertiary/aromatic N) is 1. The van der Waals surface area contributed by atoms with Crippen LogP contribution < -0.4 is 5.32 Å². The van der Waals surface area contributed by atoms with Gasteiger partial charge >= 0.3 is 0 Å². The van der Waals surface area contributed by atoms with Crippen molar-refractivity contribution in [2.24, 2.45) is 0 Å². The first-order valence-electron chi connectivity index (χ1n) is 5.56. The minimum absolute atomic E-state index is 0.459. The van der Waals surface area contributed by atoms with E-state index in [2.05, 4.69) is 40.8 Å². The summed E-state index contributed by atoms with van der Waals surface area (Å²) in [5.74, 6) is 0. The number of pyridine rings is 1. The third-order valence-electron chi connectivity index (χ3n) is 2.57. The zero-order valence-electron chi connectivity index (χ0n) is 9.39. The van der Waals surface area contributed by atoms with Crippen LogP contribution in [0.4, 0.5) is 0 Å². The molecule has 0 spiro atoms. The molecule has 0 fully saturated rings. The molecule has 0 saturated carbocycles. The third kappa shape index (κ3) is 2.90. The van der Waals surface area contributed by atoms with Gasteiger partial charge in [-0.1, -0.05) is 19.1 Å². The first-order valence-corrected chi connectivity index (χ1v) is 6.44. The van der Waals surface area contributed by atoms with E-state index in [-0.39, 0.29) is 0 Å². The Morgan fingerprint density at radius 2 is 2.31 bits per heavy atom. The van der Waals surface area contributed by atoms with Gasteiger partial charge in [0.15, 0.2) is 0 Å². The lowest BCUT2D eigenvalue weighted by molar-refractivity contribution is 0.526. The second-order valence-corrected chi connectivity index (χ2v) is 4.70. The van der Waals surface area contributed by atoms with E-state index < -0.39 is 0 Å². The van der Waals surface area contributed by atoms with E-state index in [4.69, 9.17) is 0 Å². The van der Waals surface area contributed by atoms with Crippen LogP contribution in [0.2, 0.25) is 0 Å². The number of thiophene rings is 1. The zero-order chi connectivity index (χ0) is 11.2. The van der Waals surface area contributed by atoms with Crippen LogP contribution in [0.5, 0.6) is 0 Å². The molecule has 3 heteroatoms. The minimum Gasteiger partial charge on any atom is -0.305 e. The number of aromatic nitrogens is 1. The van der Waals surface area contributed by atoms with Crippen molar-refractivity contribution in [2.75, 3.05) is 0 Å². The van der Waals surface area contributed by atoms with Gasteiger partial charge in [0.2, 0.25) is 0 Å². The Kier molecular flexibility index (Phi) is 4.08. The summed E-state index contributed by atoms with van der Waals surface area (Å²) in [5.41, 5.74) is 1.23. The average molecular weight is 232 g/mol. The fourth-order valence-electron chi connectivity index (χ4n) is 1.68. The Hall–Kier alpha value is -1.19. The largest absolute Gasteiger partial charge is 0.305 e. The molecule has 1 unspecified atom stereocenters. The van der Waals surface area contributed by atoms with E-state index >= 15 is 0 Å². The van der Waals surface area contributed by atoms with Crippen LogP contribution in [0.15, 0.2) is 42.0 Å². The molecule has 0 amide bonds. The highest BCUT2D eigenvalue weighted by Gasteiger charge is 2.08. The van der Waals surface area contributed by atoms with Crippen LogP contribution >= 0.6 is 11.3 Å². The van der Waals surface area contributed by atoms with Gasteiger partial charge in [0.25, 0.3) is 0 Å². The molecule has 0 aromatic carbocycles. The summed E-state index contributed by atoms with van der Waals surface area (Å²) in [6.45, 7) is 3.09. The van der Waals surface area contributed by atoms with Gasteiger partial charge < -0.3 is 5.32 Å². The molecule has 1 atom stereocenters. The molecule has 0 bridgehead atoms. The van der Waals surface area contributed by atoms with E-state index in [9.17, 15) is 0 Å². The highest BCUT2D eigenvalue weighted by atomic mass is 32.1. The predicted octanol–water partition coefficient (Wildman–Crippen LogP) is 3.38. The monoisotopic (exact) mass is 232 g/mol. The summed E-state index contributed by atoms with van der Waals surface area (Å²) < 4.78 is 0. The first-order chi connectivity index (χ1) is 7.90. The topological polar surface area (TPSA) is 24.9 Å². The van der Waals surface area contributed by atoms with Crippen molar-refractivity contribution >= 4 is 11.3 Å². The molecule has 0 aliphatic heterocycles. The second kappa shape index (κ2) is 5.77. The predicted molar refractivity (Wildman–Crippen MR) is 68.4 cm³/mol. The lowest BCUT2D eigenvalue weighted by Gasteiger charge is -2.15. The van der Waals surface area contributed by atoms with Gasteiger partial charge in [-0.15, -0.1) is 11.3 Å². The average Bonchev–Trinajstić information content (AvgIpc) is 2.85. The standard InChI is InChI=1S/C13H16N2S/c1-2-12(13-6-4-8-16-13)15-10-11-5-3-7-14-9-11/h3-9,12,15H,2,10H2,1H3. The molecule has 2 aromatic rings. The number of nitrogens with one attached hydrogen (secondary N) is 1. The summed E-state index contributed by atoms with van der Waals surface area (Å²) in [4.78, 5) is 5.52. The molecule has 16 heavy (non-hydrogen) atoms. The molecule has 0 radical (unpaired) electrons. The van der Waals surface area contributed by atoms with E-state index in [1.54, 1.807) is 6.20 Å². The molecule has 84 valence electrons. The minimum atomic E-state index is 0.459. The van der Waals surface area contributed by atoms with Crippen LogP contribution in [-0.2, 0) is 6.54 Å². The molecule has 1 N–H and O–H groups in total. The number of hydrogen-bond acceptors (Lipinski definition) is 3. The first kappa shape index (κ1) is 11.3. The molecule has 2 aromatic heterocycles. The van der Waals surface area contributed by atoms with Crippen LogP contribution in [0, 0.1) is 0 Å². The second-order valence-electron chi connectivity index (χ2n) is 3.72. The van der Waals surface area contributed by atoms with Crippen LogP contribution in [0.3, 0.4) is 0 Å². The van der Waals surface area contributed by atoms with Crippen molar-refractivity contribution in [3.05, 3.63) is 52.5 Å². The Morgan fingerprint density at radius 3 is 2.94 bits per heavy atom. The van der Waals surface area contributed by atoms with Gasteiger partial charge in [0.1, 0.15) is 0 Å². The fourth-order valence-corrected chi connectivity index (χ4v) is 2.57. The summed E-state index contributed by atoms with van der Waals surface area (Å²) in [6, 6.07) is 8.83. The number of hydrogen-bond donors (Lipinski definition) is 1. The number of rotatable bonds is 5. The van der Waals surface area contributed by atoms with Gasteiger partial charge in [-0.3, -0.25) is 4.98 Å². The quantitative estimate of drug-likeness (QED) is 0.854. The van der Waals surface area contributed by atoms with E-state index in [0.717, 1.165) is 13.0 Å². The highest BCUT2D eigenvalue weighted by Crippen LogP contribution is 2.21. The Bertz CT molecular complexity index is 397. The van der Waals surface area contributed by atoms with Crippen LogP contribution in [0.25, 0.3) is 0 Å². The maximum Gasteiger partial charge on any atom is 0.0414 e. The fraction of sp³-hybridized carbons (Fsp3) is 0.308. The molecule has 0 saturated heterocycles. The molecule has 2 rings (SSSR count). The highest BCUT2D eigenvalue weighted by molar-refractivity contribution is 7.10. The lowest BCUT2D eigenvalue weighted by atomic mass is 10.1. The van der Waals surface area contributed by atoms with Crippen LogP contribution in [0.1, 0.15) is 29.8 Å². The summed E-state index contributed by atoms with van der Waals surface area (Å²) in [5, 5.41) is 5.69. The van der Waals surface area contributed by atoms with Crippen molar-refractivity contribution in [3.63, 3.8) is 0 Å². The maximum absolute atomic E-state index is 4.11. The summed E-state index contributed by atoms with van der Waals surface area (Å²) >= 11 is 1.81. The van der Waals surface area contributed by atoms with Gasteiger partial charge in [-0.2, -0.15) is 0 Å². The van der Waals surface area contributed by atoms with E-state index in [0.29, 0.717) is 6.04 Å². The van der Waals surface area contributed by atoms with Crippen molar-refractivity contribution in [3.8, 4) is 0 Å². The molecule has 2 nitrogen and oxygen atoms in total. The van der Waals surface area contributed by atoms with Gasteiger partial charge in [-0.25, -0.2) is 0 Å². The van der Waals surface area contributed by atoms with Crippen molar-refractivity contribution in [1.82, 2.24) is 10.3 Å². The smallest absolute Gasteiger partial charge is 0.0414 e. The summed E-state index contributed by atoms with van der Waals surface area (Å²) in [6.07, 6.45) is 4.83. The van der Waals surface area contributed by atoms with Gasteiger partial charge in [0, 0.05) is 29.9 Å². The third-order valence-corrected chi connectivity index (χ3v) is 3.56. The van der Waals surface area contributed by atoms with Gasteiger partial charge in [0.05, 0.1) is 0 Å². The van der Waals surface area contributed by atoms with Crippen molar-refractivity contribution < 1.29 is 0 Å². The van der Waals surface area contributed by atoms with E-state index in [1.807, 2.05) is 23.6 Å². The van der Waals surface area contributed by atoms with E-state index in [1.165, 1.54) is 10.4 Å². The molecule has 0 aliphatic carbocycles. The summed E-state index contributed by atoms with van der Waals surface area (Å²) in [7, 11) is 0. The molecular weight excluding hydrogens is 216 g/mol. The molecular formula is C13H16N2S. The van der Waals surface area contributed by atoms with Crippen LogP contribution in [-0.4, -0.2) is 4.98 Å². The Morgan fingerprint density at radius 1 is 1.38 bits per heavy atom. The normalized spacial score (nSPS) is 12.6. The Labute approximate surface area is 100 Å². The maximum atomic E-state index is 4.11. The van der Waals surface area contributed by atoms with Crippen molar-refractivity contribution in [2.45, 2.75) is 25.9 Å². The SMILES string of the molecule is CCC(NCc1cccnc1)c1cccs1. The zero-order valence-corrected chi connectivity index (χ0v) is 10.2. The van der Waals surface area contributed by atoms with Crippen molar-refractivity contribution in [1.29, 1.82) is 0 Å². The molecule has 0 aliphatic rings. The Balaban J connectivity index is 1.94.